The zero-order valence-electron chi connectivity index (χ0n) is 9.45. The highest BCUT2D eigenvalue weighted by atomic mass is 127. The second kappa shape index (κ2) is 5.60. The van der Waals surface area contributed by atoms with E-state index in [0.717, 1.165) is 9.13 Å². The Kier molecular flexibility index (Phi) is 4.12. The van der Waals surface area contributed by atoms with Crippen molar-refractivity contribution >= 4 is 22.6 Å². The second-order valence-electron chi connectivity index (χ2n) is 3.76. The van der Waals surface area contributed by atoms with Gasteiger partial charge in [0, 0.05) is 9.13 Å². The lowest BCUT2D eigenvalue weighted by Crippen LogP contribution is -2.19. The first-order chi connectivity index (χ1) is 8.24. The van der Waals surface area contributed by atoms with Gasteiger partial charge in [-0.1, -0.05) is 36.4 Å². The number of halogens is 2. The highest BCUT2D eigenvalue weighted by Gasteiger charge is 2.17. The maximum Gasteiger partial charge on any atom is 0.128 e. The molecule has 0 aliphatic carbocycles. The molecule has 1 atom stereocenters. The molecule has 0 spiro atoms. The number of benzene rings is 2. The van der Waals surface area contributed by atoms with Crippen LogP contribution in [0.2, 0.25) is 0 Å². The van der Waals surface area contributed by atoms with Gasteiger partial charge in [0.05, 0.1) is 6.04 Å². The molecule has 1 nitrogen and oxygen atoms in total. The van der Waals surface area contributed by atoms with Crippen LogP contribution >= 0.6 is 22.6 Å². The molecular formula is C14H13FIN. The Balaban J connectivity index is 2.48. The Hall–Kier alpha value is -0.940. The van der Waals surface area contributed by atoms with Crippen molar-refractivity contribution in [3.63, 3.8) is 0 Å². The molecule has 17 heavy (non-hydrogen) atoms. The minimum atomic E-state index is -0.175. The Morgan fingerprint density at radius 1 is 1.00 bits per heavy atom. The van der Waals surface area contributed by atoms with Crippen molar-refractivity contribution in [2.24, 2.45) is 0 Å². The van der Waals surface area contributed by atoms with Crippen LogP contribution < -0.4 is 5.32 Å². The standard InChI is InChI=1S/C14H13FIN/c1-17-14(10-6-2-4-8-12(10)15)11-7-3-5-9-13(11)16/h2-9,14,17H,1H3. The van der Waals surface area contributed by atoms with Crippen molar-refractivity contribution in [3.8, 4) is 0 Å². The smallest absolute Gasteiger partial charge is 0.128 e. The van der Waals surface area contributed by atoms with Crippen molar-refractivity contribution < 1.29 is 4.39 Å². The van der Waals surface area contributed by atoms with Crippen LogP contribution in [0.3, 0.4) is 0 Å². The fourth-order valence-electron chi connectivity index (χ4n) is 1.90. The van der Waals surface area contributed by atoms with E-state index >= 15 is 0 Å². The van der Waals surface area contributed by atoms with Crippen LogP contribution in [0.1, 0.15) is 17.2 Å². The molecule has 0 amide bonds. The fraction of sp³-hybridized carbons (Fsp3) is 0.143. The average Bonchev–Trinajstić information content (AvgIpc) is 2.34. The van der Waals surface area contributed by atoms with Gasteiger partial charge in [0.2, 0.25) is 0 Å². The van der Waals surface area contributed by atoms with Crippen LogP contribution in [0, 0.1) is 9.39 Å². The Morgan fingerprint density at radius 3 is 2.18 bits per heavy atom. The van der Waals surface area contributed by atoms with Crippen LogP contribution in [0.15, 0.2) is 48.5 Å². The Morgan fingerprint density at radius 2 is 1.59 bits per heavy atom. The zero-order valence-corrected chi connectivity index (χ0v) is 11.6. The third kappa shape index (κ3) is 2.66. The molecule has 0 saturated carbocycles. The summed E-state index contributed by atoms with van der Waals surface area (Å²) in [5.41, 5.74) is 1.78. The summed E-state index contributed by atoms with van der Waals surface area (Å²) in [6.45, 7) is 0. The molecule has 0 heterocycles. The third-order valence-electron chi connectivity index (χ3n) is 2.72. The van der Waals surface area contributed by atoms with E-state index in [1.54, 1.807) is 6.07 Å². The first-order valence-electron chi connectivity index (χ1n) is 5.40. The van der Waals surface area contributed by atoms with Crippen molar-refractivity contribution in [3.05, 3.63) is 69.0 Å². The van der Waals surface area contributed by atoms with Crippen molar-refractivity contribution in [1.82, 2.24) is 5.32 Å². The molecule has 0 radical (unpaired) electrons. The molecule has 2 aromatic rings. The van der Waals surface area contributed by atoms with E-state index in [1.165, 1.54) is 6.07 Å². The lowest BCUT2D eigenvalue weighted by atomic mass is 9.98. The number of nitrogens with one attached hydrogen (secondary N) is 1. The van der Waals surface area contributed by atoms with E-state index in [4.69, 9.17) is 0 Å². The molecule has 0 bridgehead atoms. The largest absolute Gasteiger partial charge is 0.309 e. The molecule has 0 fully saturated rings. The Labute approximate surface area is 114 Å². The minimum Gasteiger partial charge on any atom is -0.309 e. The van der Waals surface area contributed by atoms with Crippen LogP contribution in [0.4, 0.5) is 4.39 Å². The van der Waals surface area contributed by atoms with Gasteiger partial charge in [-0.3, -0.25) is 0 Å². The molecule has 1 N–H and O–H groups in total. The first-order valence-corrected chi connectivity index (χ1v) is 6.48. The van der Waals surface area contributed by atoms with Gasteiger partial charge < -0.3 is 5.32 Å². The SMILES string of the molecule is CNC(c1ccccc1F)c1ccccc1I. The summed E-state index contributed by atoms with van der Waals surface area (Å²) in [6, 6.07) is 14.8. The van der Waals surface area contributed by atoms with Crippen LogP contribution in [0.25, 0.3) is 0 Å². The van der Waals surface area contributed by atoms with Crippen molar-refractivity contribution in [2.45, 2.75) is 6.04 Å². The molecule has 3 heteroatoms. The summed E-state index contributed by atoms with van der Waals surface area (Å²) in [7, 11) is 1.85. The number of hydrogen-bond donors (Lipinski definition) is 1. The maximum absolute atomic E-state index is 13.8. The molecule has 88 valence electrons. The molecule has 0 aromatic heterocycles. The van der Waals surface area contributed by atoms with Gasteiger partial charge in [-0.05, 0) is 47.3 Å². The summed E-state index contributed by atoms with van der Waals surface area (Å²) in [5.74, 6) is -0.175. The lowest BCUT2D eigenvalue weighted by Gasteiger charge is -2.19. The van der Waals surface area contributed by atoms with Crippen molar-refractivity contribution in [2.75, 3.05) is 7.05 Å². The Bertz CT molecular complexity index is 468. The fourth-order valence-corrected chi connectivity index (χ4v) is 2.60. The minimum absolute atomic E-state index is 0.107. The van der Waals surface area contributed by atoms with Gasteiger partial charge in [0.15, 0.2) is 0 Å². The van der Waals surface area contributed by atoms with E-state index in [1.807, 2.05) is 43.4 Å². The first kappa shape index (κ1) is 12.5. The van der Waals surface area contributed by atoms with Gasteiger partial charge in [0.25, 0.3) is 0 Å². The topological polar surface area (TPSA) is 12.0 Å². The van der Waals surface area contributed by atoms with E-state index in [9.17, 15) is 4.39 Å². The van der Waals surface area contributed by atoms with Crippen LogP contribution in [-0.2, 0) is 0 Å². The quantitative estimate of drug-likeness (QED) is 0.839. The van der Waals surface area contributed by atoms with Crippen LogP contribution in [-0.4, -0.2) is 7.05 Å². The molecule has 0 aliphatic rings. The maximum atomic E-state index is 13.8. The average molecular weight is 341 g/mol. The summed E-state index contributed by atoms with van der Waals surface area (Å²) in [5, 5.41) is 3.17. The number of hydrogen-bond acceptors (Lipinski definition) is 1. The van der Waals surface area contributed by atoms with Crippen molar-refractivity contribution in [1.29, 1.82) is 0 Å². The van der Waals surface area contributed by atoms with Gasteiger partial charge >= 0.3 is 0 Å². The van der Waals surface area contributed by atoms with Gasteiger partial charge in [-0.2, -0.15) is 0 Å². The molecule has 0 aliphatic heterocycles. The molecule has 2 rings (SSSR count). The summed E-state index contributed by atoms with van der Waals surface area (Å²) >= 11 is 2.27. The highest BCUT2D eigenvalue weighted by Crippen LogP contribution is 2.27. The van der Waals surface area contributed by atoms with Gasteiger partial charge in [0.1, 0.15) is 5.82 Å². The monoisotopic (exact) mass is 341 g/mol. The molecule has 2 aromatic carbocycles. The summed E-state index contributed by atoms with van der Waals surface area (Å²) in [4.78, 5) is 0. The van der Waals surface area contributed by atoms with E-state index < -0.39 is 0 Å². The summed E-state index contributed by atoms with van der Waals surface area (Å²) < 4.78 is 14.9. The van der Waals surface area contributed by atoms with Gasteiger partial charge in [-0.25, -0.2) is 4.39 Å². The normalized spacial score (nSPS) is 12.4. The number of rotatable bonds is 3. The zero-order chi connectivity index (χ0) is 12.3. The lowest BCUT2D eigenvalue weighted by molar-refractivity contribution is 0.575. The molecule has 0 saturated heterocycles. The third-order valence-corrected chi connectivity index (χ3v) is 3.70. The van der Waals surface area contributed by atoms with Gasteiger partial charge in [-0.15, -0.1) is 0 Å². The molecule has 1 unspecified atom stereocenters. The van der Waals surface area contributed by atoms with E-state index in [0.29, 0.717) is 5.56 Å². The molecular weight excluding hydrogens is 328 g/mol. The summed E-state index contributed by atoms with van der Waals surface area (Å²) in [6.07, 6.45) is 0. The van der Waals surface area contributed by atoms with E-state index in [-0.39, 0.29) is 11.9 Å². The van der Waals surface area contributed by atoms with E-state index in [2.05, 4.69) is 27.9 Å². The second-order valence-corrected chi connectivity index (χ2v) is 4.93. The highest BCUT2D eigenvalue weighted by molar-refractivity contribution is 14.1. The predicted octanol–water partition coefficient (Wildman–Crippen LogP) is 3.74. The predicted molar refractivity (Wildman–Crippen MR) is 76.5 cm³/mol. The van der Waals surface area contributed by atoms with Crippen LogP contribution in [0.5, 0.6) is 0 Å².